The fraction of sp³-hybridized carbons (Fsp3) is 0.360. The number of aromatic nitrogens is 3. The van der Waals surface area contributed by atoms with Crippen LogP contribution in [0.5, 0.6) is 0 Å². The molecule has 0 bridgehead atoms. The van der Waals surface area contributed by atoms with Gasteiger partial charge in [0.25, 0.3) is 0 Å². The number of carbonyl (C=O) groups is 1. The molecule has 1 aromatic carbocycles. The van der Waals surface area contributed by atoms with Crippen molar-refractivity contribution < 1.29 is 52.7 Å². The molecule has 1 N–H and O–H groups in total. The summed E-state index contributed by atoms with van der Waals surface area (Å²) in [4.78, 5) is 22.3. The van der Waals surface area contributed by atoms with Gasteiger partial charge in [-0.3, -0.25) is 9.78 Å². The van der Waals surface area contributed by atoms with Crippen LogP contribution in [0.25, 0.3) is 11.3 Å². The Balaban J connectivity index is 1.43. The van der Waals surface area contributed by atoms with E-state index in [0.29, 0.717) is 35.0 Å². The molecule has 1 spiro atoms. The maximum absolute atomic E-state index is 15.1. The lowest BCUT2D eigenvalue weighted by Crippen LogP contribution is -2.50. The predicted octanol–water partition coefficient (Wildman–Crippen LogP) is 4.80. The van der Waals surface area contributed by atoms with Crippen LogP contribution in [0, 0.1) is 11.6 Å². The summed E-state index contributed by atoms with van der Waals surface area (Å²) in [6.45, 7) is -0.871. The van der Waals surface area contributed by atoms with Crippen LogP contribution in [0.1, 0.15) is 36.2 Å². The zero-order valence-electron chi connectivity index (χ0n) is 21.3. The summed E-state index contributed by atoms with van der Waals surface area (Å²) in [5.41, 5.74) is -3.99. The minimum atomic E-state index is -4.99. The van der Waals surface area contributed by atoms with Crippen molar-refractivity contribution in [1.29, 1.82) is 0 Å². The third-order valence-electron chi connectivity index (χ3n) is 7.20. The van der Waals surface area contributed by atoms with Crippen LogP contribution < -0.4 is 5.32 Å². The highest BCUT2D eigenvalue weighted by molar-refractivity contribution is 7.89. The van der Waals surface area contributed by atoms with Gasteiger partial charge in [-0.1, -0.05) is 0 Å². The number of hydrogen-bond acceptors (Lipinski definition) is 6. The molecule has 18 heteroatoms. The van der Waals surface area contributed by atoms with E-state index >= 15 is 4.39 Å². The average molecular weight is 640 g/mol. The number of nitrogens with one attached hydrogen (secondary N) is 1. The number of nitrogens with zero attached hydrogens (tertiary/aromatic N) is 4. The molecule has 0 radical (unpaired) electrons. The summed E-state index contributed by atoms with van der Waals surface area (Å²) in [6, 6.07) is 0.750. The minimum absolute atomic E-state index is 0.0159. The highest BCUT2D eigenvalue weighted by atomic mass is 32.2. The number of alkyl halides is 7. The van der Waals surface area contributed by atoms with Crippen molar-refractivity contribution in [2.45, 2.75) is 60.8 Å². The van der Waals surface area contributed by atoms with Crippen LogP contribution >= 0.6 is 0 Å². The maximum atomic E-state index is 15.1. The van der Waals surface area contributed by atoms with E-state index in [4.69, 9.17) is 0 Å². The molecule has 2 fully saturated rings. The highest BCUT2D eigenvalue weighted by Crippen LogP contribution is 2.55. The van der Waals surface area contributed by atoms with Gasteiger partial charge in [-0.2, -0.15) is 30.6 Å². The molecule has 0 unspecified atom stereocenters. The highest BCUT2D eigenvalue weighted by Gasteiger charge is 2.67. The Labute approximate surface area is 237 Å². The smallest absolute Gasteiger partial charge is 0.351 e. The van der Waals surface area contributed by atoms with Crippen molar-refractivity contribution in [3.8, 4) is 11.3 Å². The third-order valence-corrected chi connectivity index (χ3v) is 9.18. The molecule has 230 valence electrons. The molecule has 5 rings (SSSR count). The van der Waals surface area contributed by atoms with Gasteiger partial charge in [0.1, 0.15) is 12.2 Å². The zero-order chi connectivity index (χ0) is 31.5. The van der Waals surface area contributed by atoms with Crippen LogP contribution in [0.15, 0.2) is 47.8 Å². The molecular formula is C25H18F9N5O3S. The third kappa shape index (κ3) is 5.64. The summed E-state index contributed by atoms with van der Waals surface area (Å²) >= 11 is 0. The second-order valence-corrected chi connectivity index (χ2v) is 11.7. The Bertz CT molecular complexity index is 1680. The number of hydrogen-bond donors (Lipinski definition) is 1. The van der Waals surface area contributed by atoms with Gasteiger partial charge in [0.05, 0.1) is 21.7 Å². The largest absolute Gasteiger partial charge is 0.451 e. The number of carbonyl (C=O) groups excluding carboxylic acids is 1. The Kier molecular flexibility index (Phi) is 7.43. The van der Waals surface area contributed by atoms with Gasteiger partial charge in [0.15, 0.2) is 11.6 Å². The number of pyridine rings is 1. The van der Waals surface area contributed by atoms with E-state index in [9.17, 15) is 48.3 Å². The quantitative estimate of drug-likeness (QED) is 0.389. The van der Waals surface area contributed by atoms with Crippen molar-refractivity contribution in [2.24, 2.45) is 0 Å². The van der Waals surface area contributed by atoms with E-state index in [1.54, 1.807) is 0 Å². The molecule has 8 nitrogen and oxygen atoms in total. The van der Waals surface area contributed by atoms with Crippen molar-refractivity contribution in [3.05, 3.63) is 71.4 Å². The van der Waals surface area contributed by atoms with E-state index in [1.165, 1.54) is 0 Å². The summed E-state index contributed by atoms with van der Waals surface area (Å²) < 4.78 is 149. The van der Waals surface area contributed by atoms with Gasteiger partial charge in [-0.25, -0.2) is 31.6 Å². The average Bonchev–Trinajstić information content (AvgIpc) is 3.66. The fourth-order valence-electron chi connectivity index (χ4n) is 4.96. The standard InChI is InChI=1S/C25H18F9N5O3S/c26-16-2-1-14(6-17(16)27)43(41,42)39-19(7-20(28)23(39)3-4-23)21(40)36-8-12-5-18(35-11-15(12)24(29,30)31)13-9-37-22(38-10-13)25(32,33)34/h1-2,5-6,9-11,19-20H,3-4,7-8H2,(H,36,40)/t19-,20+/m0/s1. The van der Waals surface area contributed by atoms with E-state index < -0.39 is 92.5 Å². The summed E-state index contributed by atoms with van der Waals surface area (Å²) in [6.07, 6.45) is -10.5. The topological polar surface area (TPSA) is 105 Å². The van der Waals surface area contributed by atoms with Crippen LogP contribution in [-0.4, -0.2) is 51.3 Å². The molecule has 3 aromatic rings. The van der Waals surface area contributed by atoms with Gasteiger partial charge in [0.2, 0.25) is 21.8 Å². The molecule has 1 saturated heterocycles. The number of sulfonamides is 1. The molecule has 1 saturated carbocycles. The minimum Gasteiger partial charge on any atom is -0.351 e. The first-order valence-electron chi connectivity index (χ1n) is 12.3. The van der Waals surface area contributed by atoms with E-state index in [0.717, 1.165) is 12.1 Å². The second-order valence-electron chi connectivity index (χ2n) is 9.93. The molecule has 2 atom stereocenters. The van der Waals surface area contributed by atoms with Gasteiger partial charge >= 0.3 is 12.4 Å². The molecule has 2 aliphatic rings. The first kappa shape index (κ1) is 30.7. The van der Waals surface area contributed by atoms with E-state index in [1.807, 2.05) is 0 Å². The molecule has 1 aliphatic carbocycles. The molecule has 2 aromatic heterocycles. The van der Waals surface area contributed by atoms with Gasteiger partial charge < -0.3 is 5.32 Å². The lowest BCUT2D eigenvalue weighted by atomic mass is 10.1. The Morgan fingerprint density at radius 3 is 2.16 bits per heavy atom. The van der Waals surface area contributed by atoms with Gasteiger partial charge in [-0.05, 0) is 42.7 Å². The molecule has 1 amide bonds. The zero-order valence-corrected chi connectivity index (χ0v) is 22.2. The van der Waals surface area contributed by atoms with Crippen LogP contribution in [0.2, 0.25) is 0 Å². The Morgan fingerprint density at radius 1 is 0.953 bits per heavy atom. The Morgan fingerprint density at radius 2 is 1.60 bits per heavy atom. The van der Waals surface area contributed by atoms with E-state index in [-0.39, 0.29) is 24.1 Å². The summed E-state index contributed by atoms with van der Waals surface area (Å²) in [7, 11) is -4.78. The van der Waals surface area contributed by atoms with Crippen molar-refractivity contribution in [1.82, 2.24) is 24.6 Å². The Hall–Kier alpha value is -3.80. The number of benzene rings is 1. The number of halogens is 9. The summed E-state index contributed by atoms with van der Waals surface area (Å²) in [5, 5.41) is 2.17. The van der Waals surface area contributed by atoms with Crippen LogP contribution in [0.3, 0.4) is 0 Å². The first-order chi connectivity index (χ1) is 19.9. The van der Waals surface area contributed by atoms with Crippen LogP contribution in [0.4, 0.5) is 39.5 Å². The first-order valence-corrected chi connectivity index (χ1v) is 13.8. The molecule has 43 heavy (non-hydrogen) atoms. The van der Waals surface area contributed by atoms with Crippen molar-refractivity contribution in [2.75, 3.05) is 0 Å². The number of amides is 1. The molecule has 1 aliphatic heterocycles. The summed E-state index contributed by atoms with van der Waals surface area (Å²) in [5.74, 6) is -5.51. The van der Waals surface area contributed by atoms with Crippen molar-refractivity contribution >= 4 is 15.9 Å². The maximum Gasteiger partial charge on any atom is 0.451 e. The van der Waals surface area contributed by atoms with Gasteiger partial charge in [-0.15, -0.1) is 0 Å². The van der Waals surface area contributed by atoms with Gasteiger partial charge in [0, 0.05) is 37.1 Å². The number of rotatable bonds is 6. The van der Waals surface area contributed by atoms with E-state index in [2.05, 4.69) is 20.3 Å². The molecular weight excluding hydrogens is 621 g/mol. The fourth-order valence-corrected chi connectivity index (χ4v) is 6.97. The SMILES string of the molecule is O=C(NCc1cc(-c2cnc(C(F)(F)F)nc2)ncc1C(F)(F)F)[C@@H]1C[C@@H](F)C2(CC2)N1S(=O)(=O)c1ccc(F)c(F)c1. The lowest BCUT2D eigenvalue weighted by molar-refractivity contribution is -0.145. The predicted molar refractivity (Wildman–Crippen MR) is 128 cm³/mol. The van der Waals surface area contributed by atoms with Crippen LogP contribution in [-0.2, 0) is 33.7 Å². The second kappa shape index (κ2) is 10.4. The molecule has 3 heterocycles. The monoisotopic (exact) mass is 639 g/mol. The normalized spacial score (nSPS) is 20.4. The lowest BCUT2D eigenvalue weighted by Gasteiger charge is -2.29. The van der Waals surface area contributed by atoms with Crippen molar-refractivity contribution in [3.63, 3.8) is 0 Å².